The lowest BCUT2D eigenvalue weighted by molar-refractivity contribution is -0.174. The first-order chi connectivity index (χ1) is 14.8. The molecule has 7 nitrogen and oxygen atoms in total. The Morgan fingerprint density at radius 2 is 2.10 bits per heavy atom. The summed E-state index contributed by atoms with van der Waals surface area (Å²) in [5, 5.41) is 9.63. The van der Waals surface area contributed by atoms with Crippen LogP contribution in [0.1, 0.15) is 40.3 Å². The first kappa shape index (κ1) is 20.8. The summed E-state index contributed by atoms with van der Waals surface area (Å²) >= 11 is 0. The molecule has 0 radical (unpaired) electrons. The second kappa shape index (κ2) is 8.37. The van der Waals surface area contributed by atoms with Crippen LogP contribution in [-0.4, -0.2) is 35.5 Å². The Kier molecular flexibility index (Phi) is 5.62. The van der Waals surface area contributed by atoms with Crippen LogP contribution in [-0.2, 0) is 6.42 Å². The van der Waals surface area contributed by atoms with Crippen LogP contribution >= 0.6 is 0 Å². The minimum atomic E-state index is -4.52. The Labute approximate surface area is 176 Å². The van der Waals surface area contributed by atoms with E-state index in [-0.39, 0.29) is 17.9 Å². The van der Waals surface area contributed by atoms with Crippen molar-refractivity contribution in [2.45, 2.75) is 31.1 Å². The molecular formula is C21H21F3N4O3. The molecule has 10 heteroatoms. The fraction of sp³-hybridized carbons (Fsp3) is 0.333. The number of nitrogens with zero attached hydrogens (tertiary/aromatic N) is 2. The number of ether oxygens (including phenoxy) is 1. The number of carbonyl (C=O) groups is 1. The highest BCUT2D eigenvalue weighted by Gasteiger charge is 2.47. The van der Waals surface area contributed by atoms with Crippen molar-refractivity contribution < 1.29 is 27.1 Å². The summed E-state index contributed by atoms with van der Waals surface area (Å²) in [5.41, 5.74) is 0.914. The number of fused-ring (bicyclic) bond motifs is 1. The van der Waals surface area contributed by atoms with E-state index >= 15 is 0 Å². The first-order valence-corrected chi connectivity index (χ1v) is 9.72. The highest BCUT2D eigenvalue weighted by atomic mass is 19.4. The van der Waals surface area contributed by atoms with Gasteiger partial charge in [0, 0.05) is 19.0 Å². The van der Waals surface area contributed by atoms with E-state index in [9.17, 15) is 18.0 Å². The molecule has 1 amide bonds. The Morgan fingerprint density at radius 1 is 1.32 bits per heavy atom. The number of rotatable bonds is 6. The summed E-state index contributed by atoms with van der Waals surface area (Å²) in [6, 6.07) is 9.43. The van der Waals surface area contributed by atoms with Crippen LogP contribution in [0.3, 0.4) is 0 Å². The molecule has 1 aliphatic heterocycles. The Hall–Kier alpha value is -3.43. The van der Waals surface area contributed by atoms with E-state index in [2.05, 4.69) is 15.7 Å². The minimum absolute atomic E-state index is 0.0772. The molecule has 164 valence electrons. The van der Waals surface area contributed by atoms with Gasteiger partial charge in [-0.25, -0.2) is 4.68 Å². The SMILES string of the molecule is COc1ccc(CCNC(=O)c2cc3n(n2)[C@H](C(F)(F)F)C[C@H](c2ccco2)N3)cc1. The molecule has 4 rings (SSSR count). The fourth-order valence-corrected chi connectivity index (χ4v) is 3.56. The molecule has 2 N–H and O–H groups in total. The maximum Gasteiger partial charge on any atom is 0.410 e. The third kappa shape index (κ3) is 4.52. The van der Waals surface area contributed by atoms with Gasteiger partial charge >= 0.3 is 6.18 Å². The number of aromatic nitrogens is 2. The normalized spacial score (nSPS) is 18.2. The van der Waals surface area contributed by atoms with E-state index < -0.39 is 24.2 Å². The quantitative estimate of drug-likeness (QED) is 0.610. The summed E-state index contributed by atoms with van der Waals surface area (Å²) in [5.74, 6) is 0.714. The predicted molar refractivity (Wildman–Crippen MR) is 106 cm³/mol. The highest BCUT2D eigenvalue weighted by molar-refractivity contribution is 5.93. The smallest absolute Gasteiger partial charge is 0.410 e. The Morgan fingerprint density at radius 3 is 2.74 bits per heavy atom. The lowest BCUT2D eigenvalue weighted by atomic mass is 10.0. The van der Waals surface area contributed by atoms with Gasteiger partial charge in [-0.05, 0) is 36.2 Å². The monoisotopic (exact) mass is 434 g/mol. The van der Waals surface area contributed by atoms with Gasteiger partial charge in [0.25, 0.3) is 5.91 Å². The number of halogens is 3. The minimum Gasteiger partial charge on any atom is -0.497 e. The van der Waals surface area contributed by atoms with Crippen molar-refractivity contribution in [3.05, 3.63) is 65.7 Å². The Balaban J connectivity index is 1.45. The van der Waals surface area contributed by atoms with Crippen LogP contribution in [0.2, 0.25) is 0 Å². The standard InChI is InChI=1S/C21H21F3N4O3/c1-30-14-6-4-13(5-7-14)8-9-25-20(29)16-12-19-26-15(17-3-2-10-31-17)11-18(21(22,23)24)28(19)27-16/h2-7,10,12,15,18,26H,8-9,11H2,1H3,(H,25,29)/t15-,18+/m1/s1. The number of furan rings is 1. The highest BCUT2D eigenvalue weighted by Crippen LogP contribution is 2.43. The summed E-state index contributed by atoms with van der Waals surface area (Å²) in [6.45, 7) is 0.318. The van der Waals surface area contributed by atoms with Crippen molar-refractivity contribution >= 4 is 11.7 Å². The molecule has 3 aromatic rings. The van der Waals surface area contributed by atoms with Crippen molar-refractivity contribution in [2.75, 3.05) is 19.0 Å². The number of benzene rings is 1. The third-order valence-electron chi connectivity index (χ3n) is 5.17. The molecule has 1 aromatic carbocycles. The van der Waals surface area contributed by atoms with Crippen molar-refractivity contribution in [2.24, 2.45) is 0 Å². The van der Waals surface area contributed by atoms with Crippen LogP contribution in [0, 0.1) is 0 Å². The lowest BCUT2D eigenvalue weighted by Gasteiger charge is -2.32. The summed E-state index contributed by atoms with van der Waals surface area (Å²) in [7, 11) is 1.58. The number of anilines is 1. The Bertz CT molecular complexity index is 1030. The zero-order valence-electron chi connectivity index (χ0n) is 16.6. The van der Waals surface area contributed by atoms with Gasteiger partial charge in [-0.15, -0.1) is 0 Å². The van der Waals surface area contributed by atoms with E-state index in [1.165, 1.54) is 12.3 Å². The van der Waals surface area contributed by atoms with Gasteiger partial charge in [0.2, 0.25) is 0 Å². The molecule has 0 bridgehead atoms. The number of hydrogen-bond donors (Lipinski definition) is 2. The van der Waals surface area contributed by atoms with Crippen LogP contribution in [0.15, 0.2) is 53.1 Å². The number of hydrogen-bond acceptors (Lipinski definition) is 5. The average molecular weight is 434 g/mol. The number of carbonyl (C=O) groups excluding carboxylic acids is 1. The number of nitrogens with one attached hydrogen (secondary N) is 2. The topological polar surface area (TPSA) is 81.3 Å². The van der Waals surface area contributed by atoms with Crippen molar-refractivity contribution in [1.29, 1.82) is 0 Å². The van der Waals surface area contributed by atoms with E-state index in [1.807, 2.05) is 24.3 Å². The van der Waals surface area contributed by atoms with Crippen molar-refractivity contribution in [3.63, 3.8) is 0 Å². The third-order valence-corrected chi connectivity index (χ3v) is 5.17. The van der Waals surface area contributed by atoms with Gasteiger partial charge in [0.15, 0.2) is 11.7 Å². The maximum atomic E-state index is 13.7. The van der Waals surface area contributed by atoms with Crippen LogP contribution in [0.4, 0.5) is 19.0 Å². The first-order valence-electron chi connectivity index (χ1n) is 9.72. The second-order valence-electron chi connectivity index (χ2n) is 7.22. The molecule has 0 saturated heterocycles. The molecule has 0 spiro atoms. The van der Waals surface area contributed by atoms with Crippen LogP contribution < -0.4 is 15.4 Å². The number of alkyl halides is 3. The zero-order chi connectivity index (χ0) is 22.0. The lowest BCUT2D eigenvalue weighted by Crippen LogP contribution is -2.35. The van der Waals surface area contributed by atoms with Gasteiger partial charge in [0.05, 0.1) is 19.4 Å². The molecule has 31 heavy (non-hydrogen) atoms. The molecule has 1 aliphatic rings. The molecular weight excluding hydrogens is 413 g/mol. The molecule has 0 unspecified atom stereocenters. The zero-order valence-corrected chi connectivity index (χ0v) is 16.6. The van der Waals surface area contributed by atoms with Crippen molar-refractivity contribution in [3.8, 4) is 5.75 Å². The molecule has 0 aliphatic carbocycles. The molecule has 2 atom stereocenters. The summed E-state index contributed by atoms with van der Waals surface area (Å²) in [6.07, 6.45) is -2.83. The number of amides is 1. The van der Waals surface area contributed by atoms with Crippen LogP contribution in [0.25, 0.3) is 0 Å². The summed E-state index contributed by atoms with van der Waals surface area (Å²) < 4.78 is 52.2. The average Bonchev–Trinajstić information content (AvgIpc) is 3.42. The predicted octanol–water partition coefficient (Wildman–Crippen LogP) is 4.12. The van der Waals surface area contributed by atoms with Gasteiger partial charge in [-0.3, -0.25) is 4.79 Å². The molecule has 0 fully saturated rings. The maximum absolute atomic E-state index is 13.7. The van der Waals surface area contributed by atoms with E-state index in [4.69, 9.17) is 9.15 Å². The molecule has 2 aromatic heterocycles. The van der Waals surface area contributed by atoms with E-state index in [1.54, 1.807) is 19.2 Å². The summed E-state index contributed by atoms with van der Waals surface area (Å²) in [4.78, 5) is 12.5. The van der Waals surface area contributed by atoms with E-state index in [0.29, 0.717) is 18.7 Å². The van der Waals surface area contributed by atoms with Crippen LogP contribution in [0.5, 0.6) is 5.75 Å². The fourth-order valence-electron chi connectivity index (χ4n) is 3.56. The van der Waals surface area contributed by atoms with Gasteiger partial charge in [-0.1, -0.05) is 12.1 Å². The molecule has 3 heterocycles. The van der Waals surface area contributed by atoms with E-state index in [0.717, 1.165) is 16.0 Å². The number of methoxy groups -OCH3 is 1. The molecule has 0 saturated carbocycles. The van der Waals surface area contributed by atoms with Gasteiger partial charge in [0.1, 0.15) is 17.3 Å². The van der Waals surface area contributed by atoms with Gasteiger partial charge in [-0.2, -0.15) is 18.3 Å². The van der Waals surface area contributed by atoms with Crippen molar-refractivity contribution in [1.82, 2.24) is 15.1 Å². The second-order valence-corrected chi connectivity index (χ2v) is 7.22. The van der Waals surface area contributed by atoms with Gasteiger partial charge < -0.3 is 19.8 Å². The largest absolute Gasteiger partial charge is 0.497 e.